The summed E-state index contributed by atoms with van der Waals surface area (Å²) in [6.45, 7) is 7.93. The lowest BCUT2D eigenvalue weighted by Gasteiger charge is -2.16. The molecule has 0 aliphatic carbocycles. The molecular formula is C23H28N4O2. The number of anilines is 1. The number of hydrogen-bond donors (Lipinski definition) is 3. The number of phenolic OH excluding ortho intramolecular Hbond substituents is 1. The maximum atomic E-state index is 12.3. The van der Waals surface area contributed by atoms with Crippen LogP contribution in [0.25, 0.3) is 22.2 Å². The summed E-state index contributed by atoms with van der Waals surface area (Å²) in [7, 11) is 0. The van der Waals surface area contributed by atoms with Crippen LogP contribution >= 0.6 is 0 Å². The summed E-state index contributed by atoms with van der Waals surface area (Å²) >= 11 is 0. The van der Waals surface area contributed by atoms with Crippen LogP contribution in [0.4, 0.5) is 10.6 Å². The van der Waals surface area contributed by atoms with E-state index in [0.29, 0.717) is 17.1 Å². The summed E-state index contributed by atoms with van der Waals surface area (Å²) in [4.78, 5) is 21.2. The van der Waals surface area contributed by atoms with Crippen molar-refractivity contribution >= 4 is 22.9 Å². The largest absolute Gasteiger partial charge is 0.507 e. The minimum absolute atomic E-state index is 0.154. The van der Waals surface area contributed by atoms with E-state index in [1.165, 1.54) is 0 Å². The first kappa shape index (κ1) is 20.6. The summed E-state index contributed by atoms with van der Waals surface area (Å²) < 4.78 is 0. The normalized spacial score (nSPS) is 12.0. The summed E-state index contributed by atoms with van der Waals surface area (Å²) in [6, 6.07) is 9.63. The van der Waals surface area contributed by atoms with Gasteiger partial charge in [-0.1, -0.05) is 26.3 Å². The Morgan fingerprint density at radius 3 is 2.45 bits per heavy atom. The van der Waals surface area contributed by atoms with E-state index in [0.717, 1.165) is 47.0 Å². The van der Waals surface area contributed by atoms with Crippen molar-refractivity contribution in [3.05, 3.63) is 47.7 Å². The molecule has 1 unspecified atom stereocenters. The van der Waals surface area contributed by atoms with Gasteiger partial charge in [0.1, 0.15) is 5.75 Å². The molecule has 1 heterocycles. The van der Waals surface area contributed by atoms with Crippen LogP contribution in [0.1, 0.15) is 44.2 Å². The van der Waals surface area contributed by atoms with Crippen molar-refractivity contribution in [2.45, 2.75) is 53.0 Å². The molecule has 1 atom stereocenters. The topological polar surface area (TPSA) is 87.1 Å². The summed E-state index contributed by atoms with van der Waals surface area (Å²) in [5.41, 5.74) is 5.09. The van der Waals surface area contributed by atoms with Gasteiger partial charge in [0.15, 0.2) is 5.82 Å². The Labute approximate surface area is 171 Å². The number of urea groups is 1. The van der Waals surface area contributed by atoms with E-state index in [2.05, 4.69) is 34.4 Å². The highest BCUT2D eigenvalue weighted by molar-refractivity contribution is 5.90. The molecule has 0 fully saturated rings. The standard InChI is InChI=1S/C23H28N4O2/c1-5-7-18(6-2)25-23(29)27-21-13-24-19-9-8-16(12-20(19)26-21)17-10-14(3)22(28)15(4)11-17/h8-13,18,28H,5-7H2,1-4H3,(H2,25,26,27,29). The second-order valence-electron chi connectivity index (χ2n) is 7.41. The second-order valence-corrected chi connectivity index (χ2v) is 7.41. The molecule has 0 aliphatic rings. The van der Waals surface area contributed by atoms with Crippen LogP contribution in [-0.4, -0.2) is 27.1 Å². The number of carbonyl (C=O) groups is 1. The number of amides is 2. The summed E-state index contributed by atoms with van der Waals surface area (Å²) in [5, 5.41) is 15.8. The number of nitrogens with zero attached hydrogens (tertiary/aromatic N) is 2. The van der Waals surface area contributed by atoms with Crippen molar-refractivity contribution in [3.8, 4) is 16.9 Å². The van der Waals surface area contributed by atoms with E-state index in [-0.39, 0.29) is 12.1 Å². The molecule has 152 valence electrons. The van der Waals surface area contributed by atoms with Gasteiger partial charge >= 0.3 is 6.03 Å². The zero-order valence-corrected chi connectivity index (χ0v) is 17.4. The first-order chi connectivity index (χ1) is 13.9. The van der Waals surface area contributed by atoms with Gasteiger partial charge in [-0.3, -0.25) is 10.3 Å². The highest BCUT2D eigenvalue weighted by atomic mass is 16.3. The molecule has 2 aromatic carbocycles. The summed E-state index contributed by atoms with van der Waals surface area (Å²) in [5.74, 6) is 0.733. The predicted octanol–water partition coefficient (Wildman–Crippen LogP) is 5.32. The highest BCUT2D eigenvalue weighted by Gasteiger charge is 2.11. The fraction of sp³-hybridized carbons (Fsp3) is 0.348. The Hall–Kier alpha value is -3.15. The molecule has 6 nitrogen and oxygen atoms in total. The number of aromatic hydroxyl groups is 1. The molecule has 0 bridgehead atoms. The van der Waals surface area contributed by atoms with E-state index in [4.69, 9.17) is 0 Å². The van der Waals surface area contributed by atoms with Crippen LogP contribution in [0.5, 0.6) is 5.75 Å². The Morgan fingerprint density at radius 1 is 1.07 bits per heavy atom. The molecular weight excluding hydrogens is 364 g/mol. The van der Waals surface area contributed by atoms with Gasteiger partial charge in [-0.15, -0.1) is 0 Å². The van der Waals surface area contributed by atoms with Crippen molar-refractivity contribution in [2.75, 3.05) is 5.32 Å². The number of aromatic nitrogens is 2. The Bertz CT molecular complexity index is 1010. The second kappa shape index (κ2) is 8.90. The number of fused-ring (bicyclic) bond motifs is 1. The predicted molar refractivity (Wildman–Crippen MR) is 117 cm³/mol. The van der Waals surface area contributed by atoms with Gasteiger partial charge in [0.05, 0.1) is 17.2 Å². The molecule has 0 saturated carbocycles. The quantitative estimate of drug-likeness (QED) is 0.530. The molecule has 3 aromatic rings. The van der Waals surface area contributed by atoms with Crippen LogP contribution in [0.2, 0.25) is 0 Å². The summed E-state index contributed by atoms with van der Waals surface area (Å²) in [6.07, 6.45) is 4.42. The van der Waals surface area contributed by atoms with Crippen LogP contribution in [0, 0.1) is 13.8 Å². The van der Waals surface area contributed by atoms with E-state index >= 15 is 0 Å². The molecule has 1 aromatic heterocycles. The fourth-order valence-electron chi connectivity index (χ4n) is 3.44. The third-order valence-corrected chi connectivity index (χ3v) is 5.07. The fourth-order valence-corrected chi connectivity index (χ4v) is 3.44. The van der Waals surface area contributed by atoms with Crippen molar-refractivity contribution < 1.29 is 9.90 Å². The van der Waals surface area contributed by atoms with Crippen molar-refractivity contribution in [2.24, 2.45) is 0 Å². The zero-order valence-electron chi connectivity index (χ0n) is 17.4. The first-order valence-corrected chi connectivity index (χ1v) is 10.1. The first-order valence-electron chi connectivity index (χ1n) is 10.1. The minimum atomic E-state index is -0.264. The van der Waals surface area contributed by atoms with Gasteiger partial charge in [0.25, 0.3) is 0 Å². The average molecular weight is 393 g/mol. The number of benzene rings is 2. The molecule has 0 aliphatic heterocycles. The lowest BCUT2D eigenvalue weighted by molar-refractivity contribution is 0.247. The molecule has 6 heteroatoms. The third-order valence-electron chi connectivity index (χ3n) is 5.07. The Morgan fingerprint density at radius 2 is 1.79 bits per heavy atom. The lowest BCUT2D eigenvalue weighted by Crippen LogP contribution is -2.37. The van der Waals surface area contributed by atoms with Crippen LogP contribution in [0.15, 0.2) is 36.5 Å². The van der Waals surface area contributed by atoms with Crippen molar-refractivity contribution in [3.63, 3.8) is 0 Å². The zero-order chi connectivity index (χ0) is 21.0. The smallest absolute Gasteiger partial charge is 0.320 e. The van der Waals surface area contributed by atoms with E-state index in [1.807, 2.05) is 44.2 Å². The number of phenols is 1. The number of aryl methyl sites for hydroxylation is 2. The monoisotopic (exact) mass is 392 g/mol. The van der Waals surface area contributed by atoms with Crippen LogP contribution < -0.4 is 10.6 Å². The van der Waals surface area contributed by atoms with Crippen LogP contribution in [-0.2, 0) is 0 Å². The SMILES string of the molecule is CCCC(CC)NC(=O)Nc1cnc2ccc(-c3cc(C)c(O)c(C)c3)cc2n1. The highest BCUT2D eigenvalue weighted by Crippen LogP contribution is 2.30. The van der Waals surface area contributed by atoms with Gasteiger partial charge < -0.3 is 10.4 Å². The molecule has 0 spiro atoms. The Kier molecular flexibility index (Phi) is 6.32. The number of hydrogen-bond acceptors (Lipinski definition) is 4. The van der Waals surface area contributed by atoms with E-state index in [1.54, 1.807) is 6.20 Å². The van der Waals surface area contributed by atoms with Gasteiger partial charge in [0, 0.05) is 6.04 Å². The maximum absolute atomic E-state index is 12.3. The Balaban J connectivity index is 1.85. The molecule has 0 radical (unpaired) electrons. The molecule has 3 N–H and O–H groups in total. The van der Waals surface area contributed by atoms with Crippen molar-refractivity contribution in [1.29, 1.82) is 0 Å². The van der Waals surface area contributed by atoms with Gasteiger partial charge in [-0.2, -0.15) is 0 Å². The maximum Gasteiger partial charge on any atom is 0.320 e. The minimum Gasteiger partial charge on any atom is -0.507 e. The van der Waals surface area contributed by atoms with E-state index in [9.17, 15) is 9.90 Å². The van der Waals surface area contributed by atoms with Gasteiger partial charge in [-0.05, 0) is 73.2 Å². The van der Waals surface area contributed by atoms with Gasteiger partial charge in [-0.25, -0.2) is 9.78 Å². The van der Waals surface area contributed by atoms with E-state index < -0.39 is 0 Å². The lowest BCUT2D eigenvalue weighted by atomic mass is 9.99. The molecule has 29 heavy (non-hydrogen) atoms. The number of nitrogens with one attached hydrogen (secondary N) is 2. The average Bonchev–Trinajstić information content (AvgIpc) is 2.70. The molecule has 2 amide bonds. The van der Waals surface area contributed by atoms with Crippen LogP contribution in [0.3, 0.4) is 0 Å². The number of carbonyl (C=O) groups excluding carboxylic acids is 1. The third kappa shape index (κ3) is 4.83. The molecule has 0 saturated heterocycles. The number of rotatable bonds is 6. The molecule has 3 rings (SSSR count). The van der Waals surface area contributed by atoms with Gasteiger partial charge in [0.2, 0.25) is 0 Å². The van der Waals surface area contributed by atoms with Crippen molar-refractivity contribution in [1.82, 2.24) is 15.3 Å².